The lowest BCUT2D eigenvalue weighted by Crippen LogP contribution is -2.04. The molecule has 0 saturated heterocycles. The standard InChI is InChI=1S/C57H36N4/c1-4-17-37(18-5-1)40-31-34-50(53(36-40)61-52-30-15-14-27-48(52)49-29-16-28-42(54(49)61)38-19-6-2-7-20-38)57-59-55(39-21-8-3-9-22-39)58-56(60-57)41-32-33-47-45-25-11-10-23-43(45)44-24-12-13-26-46(44)51(47)35-41/h1-36H. The normalized spacial score (nSPS) is 11.6. The zero-order valence-electron chi connectivity index (χ0n) is 33.1. The van der Waals surface area contributed by atoms with Crippen molar-refractivity contribution in [1.82, 2.24) is 19.5 Å². The number of nitrogens with zero attached hydrogens (tertiary/aromatic N) is 4. The van der Waals surface area contributed by atoms with Crippen LogP contribution in [0.15, 0.2) is 218 Å². The summed E-state index contributed by atoms with van der Waals surface area (Å²) in [5, 5.41) is 9.65. The van der Waals surface area contributed by atoms with Crippen LogP contribution in [0.4, 0.5) is 0 Å². The van der Waals surface area contributed by atoms with Crippen molar-refractivity contribution in [1.29, 1.82) is 0 Å². The van der Waals surface area contributed by atoms with Crippen LogP contribution in [0.2, 0.25) is 0 Å². The third-order valence-corrected chi connectivity index (χ3v) is 12.0. The van der Waals surface area contributed by atoms with E-state index in [4.69, 9.17) is 15.0 Å². The lowest BCUT2D eigenvalue weighted by molar-refractivity contribution is 1.07. The molecule has 4 heteroatoms. The van der Waals surface area contributed by atoms with Gasteiger partial charge in [-0.15, -0.1) is 0 Å². The highest BCUT2D eigenvalue weighted by Crippen LogP contribution is 2.42. The van der Waals surface area contributed by atoms with Gasteiger partial charge in [0.1, 0.15) is 0 Å². The zero-order chi connectivity index (χ0) is 40.3. The summed E-state index contributed by atoms with van der Waals surface area (Å²) >= 11 is 0. The first kappa shape index (κ1) is 34.8. The molecule has 0 N–H and O–H groups in total. The Balaban J connectivity index is 1.16. The number of rotatable bonds is 6. The second kappa shape index (κ2) is 14.3. The fraction of sp³-hybridized carbons (Fsp3) is 0. The van der Waals surface area contributed by atoms with Gasteiger partial charge in [-0.25, -0.2) is 15.0 Å². The number of fused-ring (bicyclic) bond motifs is 9. The molecule has 4 nitrogen and oxygen atoms in total. The van der Waals surface area contributed by atoms with E-state index < -0.39 is 0 Å². The molecule has 0 aliphatic carbocycles. The van der Waals surface area contributed by atoms with Crippen molar-refractivity contribution in [2.24, 2.45) is 0 Å². The number of hydrogen-bond donors (Lipinski definition) is 0. The Kier molecular flexibility index (Phi) is 8.13. The number of hydrogen-bond acceptors (Lipinski definition) is 3. The minimum Gasteiger partial charge on any atom is -0.308 e. The summed E-state index contributed by atoms with van der Waals surface area (Å²) in [7, 11) is 0. The predicted octanol–water partition coefficient (Wildman–Crippen LogP) is 14.8. The molecule has 284 valence electrons. The molecule has 0 spiro atoms. The highest BCUT2D eigenvalue weighted by atomic mass is 15.1. The van der Waals surface area contributed by atoms with Crippen molar-refractivity contribution in [2.45, 2.75) is 0 Å². The molecule has 0 aliphatic heterocycles. The maximum absolute atomic E-state index is 5.43. The minimum absolute atomic E-state index is 0.602. The van der Waals surface area contributed by atoms with Crippen molar-refractivity contribution in [3.63, 3.8) is 0 Å². The summed E-state index contributed by atoms with van der Waals surface area (Å²) in [6.07, 6.45) is 0. The van der Waals surface area contributed by atoms with E-state index in [-0.39, 0.29) is 0 Å². The fourth-order valence-corrected chi connectivity index (χ4v) is 9.22. The molecule has 0 fully saturated rings. The Morgan fingerprint density at radius 1 is 0.262 bits per heavy atom. The van der Waals surface area contributed by atoms with E-state index in [0.29, 0.717) is 17.5 Å². The van der Waals surface area contributed by atoms with Gasteiger partial charge in [-0.05, 0) is 73.3 Å². The Morgan fingerprint density at radius 2 is 0.754 bits per heavy atom. The highest BCUT2D eigenvalue weighted by Gasteiger charge is 2.22. The van der Waals surface area contributed by atoms with Crippen LogP contribution in [0.25, 0.3) is 116 Å². The highest BCUT2D eigenvalue weighted by molar-refractivity contribution is 6.25. The van der Waals surface area contributed by atoms with Gasteiger partial charge in [0.2, 0.25) is 0 Å². The summed E-state index contributed by atoms with van der Waals surface area (Å²) in [5.74, 6) is 1.84. The van der Waals surface area contributed by atoms with Crippen molar-refractivity contribution >= 4 is 54.1 Å². The lowest BCUT2D eigenvalue weighted by atomic mass is 9.93. The first-order chi connectivity index (χ1) is 30.3. The Labute approximate surface area is 352 Å². The van der Waals surface area contributed by atoms with Crippen LogP contribution in [-0.4, -0.2) is 19.5 Å². The number of aromatic nitrogens is 4. The van der Waals surface area contributed by atoms with Gasteiger partial charge in [-0.2, -0.15) is 0 Å². The van der Waals surface area contributed by atoms with Gasteiger partial charge >= 0.3 is 0 Å². The maximum Gasteiger partial charge on any atom is 0.166 e. The van der Waals surface area contributed by atoms with Crippen LogP contribution in [0, 0.1) is 0 Å². The van der Waals surface area contributed by atoms with E-state index in [9.17, 15) is 0 Å². The summed E-state index contributed by atoms with van der Waals surface area (Å²) < 4.78 is 2.42. The van der Waals surface area contributed by atoms with Crippen molar-refractivity contribution in [2.75, 3.05) is 0 Å². The van der Waals surface area contributed by atoms with E-state index in [2.05, 4.69) is 205 Å². The molecular formula is C57H36N4. The molecule has 0 saturated carbocycles. The molecule has 2 heterocycles. The number of benzene rings is 10. The van der Waals surface area contributed by atoms with E-state index in [1.54, 1.807) is 0 Å². The quantitative estimate of drug-likeness (QED) is 0.158. The lowest BCUT2D eigenvalue weighted by Gasteiger charge is -2.18. The third kappa shape index (κ3) is 5.80. The third-order valence-electron chi connectivity index (χ3n) is 12.0. The molecule has 0 radical (unpaired) electrons. The molecule has 61 heavy (non-hydrogen) atoms. The molecule has 2 aromatic heterocycles. The van der Waals surface area contributed by atoms with Crippen molar-refractivity contribution < 1.29 is 0 Å². The van der Waals surface area contributed by atoms with E-state index in [0.717, 1.165) is 55.7 Å². The average molecular weight is 777 g/mol. The van der Waals surface area contributed by atoms with Crippen molar-refractivity contribution in [3.05, 3.63) is 218 Å². The molecule has 0 amide bonds. The molecule has 0 aliphatic rings. The SMILES string of the molecule is c1ccc(-c2ccc(-c3nc(-c4ccccc4)nc(-c4ccc5c6ccccc6c6ccccc6c5c4)n3)c(-n3c4ccccc4c4cccc(-c5ccccc5)c43)c2)cc1. The van der Waals surface area contributed by atoms with Gasteiger partial charge < -0.3 is 4.57 Å². The monoisotopic (exact) mass is 776 g/mol. The summed E-state index contributed by atoms with van der Waals surface area (Å²) in [6, 6.07) is 77.5. The Bertz CT molecular complexity index is 3600. The van der Waals surface area contributed by atoms with Crippen LogP contribution in [0.3, 0.4) is 0 Å². The Morgan fingerprint density at radius 3 is 1.43 bits per heavy atom. The molecule has 0 unspecified atom stereocenters. The van der Waals surface area contributed by atoms with Crippen LogP contribution < -0.4 is 0 Å². The predicted molar refractivity (Wildman–Crippen MR) is 254 cm³/mol. The van der Waals surface area contributed by atoms with Gasteiger partial charge in [0.15, 0.2) is 17.5 Å². The van der Waals surface area contributed by atoms with Gasteiger partial charge in [0.25, 0.3) is 0 Å². The fourth-order valence-electron chi connectivity index (χ4n) is 9.22. The van der Waals surface area contributed by atoms with Crippen LogP contribution in [-0.2, 0) is 0 Å². The topological polar surface area (TPSA) is 43.6 Å². The van der Waals surface area contributed by atoms with Crippen LogP contribution in [0.5, 0.6) is 0 Å². The first-order valence-electron chi connectivity index (χ1n) is 20.7. The summed E-state index contributed by atoms with van der Waals surface area (Å²) in [4.78, 5) is 16.0. The first-order valence-corrected chi connectivity index (χ1v) is 20.7. The summed E-state index contributed by atoms with van der Waals surface area (Å²) in [6.45, 7) is 0. The zero-order valence-corrected chi connectivity index (χ0v) is 33.1. The molecular weight excluding hydrogens is 741 g/mol. The summed E-state index contributed by atoms with van der Waals surface area (Å²) in [5.41, 5.74) is 10.5. The van der Waals surface area contributed by atoms with Gasteiger partial charge in [0, 0.05) is 33.0 Å². The Hall–Kier alpha value is -8.21. The number of para-hydroxylation sites is 2. The van der Waals surface area contributed by atoms with Crippen LogP contribution in [0.1, 0.15) is 0 Å². The molecule has 12 aromatic rings. The molecule has 10 aromatic carbocycles. The second-order valence-corrected chi connectivity index (χ2v) is 15.5. The van der Waals surface area contributed by atoms with Crippen molar-refractivity contribution in [3.8, 4) is 62.1 Å². The molecule has 12 rings (SSSR count). The van der Waals surface area contributed by atoms with E-state index in [1.165, 1.54) is 43.1 Å². The molecule has 0 bridgehead atoms. The van der Waals surface area contributed by atoms with Gasteiger partial charge in [-0.3, -0.25) is 0 Å². The second-order valence-electron chi connectivity index (χ2n) is 15.5. The van der Waals surface area contributed by atoms with Crippen LogP contribution >= 0.6 is 0 Å². The molecule has 0 atom stereocenters. The largest absolute Gasteiger partial charge is 0.308 e. The smallest absolute Gasteiger partial charge is 0.166 e. The van der Waals surface area contributed by atoms with Gasteiger partial charge in [0.05, 0.1) is 16.7 Å². The van der Waals surface area contributed by atoms with Gasteiger partial charge in [-0.1, -0.05) is 194 Å². The van der Waals surface area contributed by atoms with E-state index >= 15 is 0 Å². The average Bonchev–Trinajstić information content (AvgIpc) is 3.69. The van der Waals surface area contributed by atoms with E-state index in [1.807, 2.05) is 18.2 Å². The minimum atomic E-state index is 0.602. The maximum atomic E-state index is 5.43.